The summed E-state index contributed by atoms with van der Waals surface area (Å²) in [6.07, 6.45) is 1.32. The molecule has 0 bridgehead atoms. The van der Waals surface area contributed by atoms with Crippen LogP contribution in [0.15, 0.2) is 28.0 Å². The van der Waals surface area contributed by atoms with Gasteiger partial charge in [-0.05, 0) is 31.0 Å². The van der Waals surface area contributed by atoms with Crippen molar-refractivity contribution in [3.63, 3.8) is 0 Å². The number of nitrogens with zero attached hydrogens (tertiary/aromatic N) is 4. The van der Waals surface area contributed by atoms with Crippen molar-refractivity contribution in [3.05, 3.63) is 46.5 Å². The number of fused-ring (bicyclic) bond motifs is 1. The van der Waals surface area contributed by atoms with Crippen LogP contribution in [0.2, 0.25) is 0 Å². The molecule has 0 atom stereocenters. The van der Waals surface area contributed by atoms with Gasteiger partial charge in [0.05, 0.1) is 11.4 Å². The number of nitrogens with one attached hydrogen (secondary N) is 1. The van der Waals surface area contributed by atoms with E-state index >= 15 is 0 Å². The van der Waals surface area contributed by atoms with Crippen LogP contribution in [0.4, 0.5) is 10.8 Å². The SMILES string of the molecule is Cc1nc(C)c(C(=O)Nc2nc(-c3ccc4c(c3)CCC(=O)N4CCC(=O)N(C)C)cs2)o1. The maximum atomic E-state index is 12.5. The number of oxazole rings is 1. The molecule has 1 aliphatic heterocycles. The van der Waals surface area contributed by atoms with Crippen LogP contribution in [0.3, 0.4) is 0 Å². The molecule has 0 spiro atoms. The number of rotatable bonds is 6. The molecule has 1 N–H and O–H groups in total. The van der Waals surface area contributed by atoms with Crippen molar-refractivity contribution in [2.24, 2.45) is 0 Å². The number of thiazole rings is 1. The number of aryl methyl sites for hydroxylation is 3. The lowest BCUT2D eigenvalue weighted by atomic mass is 9.97. The van der Waals surface area contributed by atoms with E-state index in [4.69, 9.17) is 4.42 Å². The Morgan fingerprint density at radius 3 is 2.70 bits per heavy atom. The lowest BCUT2D eigenvalue weighted by molar-refractivity contribution is -0.128. The summed E-state index contributed by atoms with van der Waals surface area (Å²) in [6.45, 7) is 3.77. The van der Waals surface area contributed by atoms with Crippen molar-refractivity contribution < 1.29 is 18.8 Å². The van der Waals surface area contributed by atoms with Gasteiger partial charge in [0.15, 0.2) is 11.0 Å². The van der Waals surface area contributed by atoms with Crippen molar-refractivity contribution in [1.29, 1.82) is 0 Å². The fourth-order valence-corrected chi connectivity index (χ4v) is 4.47. The first-order chi connectivity index (χ1) is 15.7. The minimum atomic E-state index is -0.388. The lowest BCUT2D eigenvalue weighted by Gasteiger charge is -2.30. The highest BCUT2D eigenvalue weighted by atomic mass is 32.1. The Kier molecular flexibility index (Phi) is 6.28. The van der Waals surface area contributed by atoms with Gasteiger partial charge in [-0.2, -0.15) is 0 Å². The molecule has 4 rings (SSSR count). The summed E-state index contributed by atoms with van der Waals surface area (Å²) in [5, 5.41) is 5.09. The highest BCUT2D eigenvalue weighted by Crippen LogP contribution is 2.33. The number of hydrogen-bond donors (Lipinski definition) is 1. The summed E-state index contributed by atoms with van der Waals surface area (Å²) in [5.41, 5.74) is 4.03. The van der Waals surface area contributed by atoms with Crippen LogP contribution in [-0.2, 0) is 16.0 Å². The van der Waals surface area contributed by atoms with Crippen LogP contribution < -0.4 is 10.2 Å². The van der Waals surface area contributed by atoms with Crippen molar-refractivity contribution in [2.75, 3.05) is 30.9 Å². The standard InChI is InChI=1S/C23H25N5O4S/c1-13-21(32-14(2)24-13)22(31)26-23-25-17(12-33-23)15-5-7-18-16(11-15)6-8-20(30)28(18)10-9-19(29)27(3)4/h5,7,11-12H,6,8-10H2,1-4H3,(H,25,26,31). The summed E-state index contributed by atoms with van der Waals surface area (Å²) in [6, 6.07) is 5.83. The Bertz CT molecular complexity index is 1230. The monoisotopic (exact) mass is 467 g/mol. The predicted octanol–water partition coefficient (Wildman–Crippen LogP) is 3.42. The van der Waals surface area contributed by atoms with Crippen LogP contribution in [-0.4, -0.2) is 53.2 Å². The first kappa shape index (κ1) is 22.7. The van der Waals surface area contributed by atoms with Gasteiger partial charge < -0.3 is 14.2 Å². The predicted molar refractivity (Wildman–Crippen MR) is 125 cm³/mol. The van der Waals surface area contributed by atoms with Crippen LogP contribution in [0, 0.1) is 13.8 Å². The molecule has 3 aromatic rings. The van der Waals surface area contributed by atoms with E-state index in [-0.39, 0.29) is 29.9 Å². The molecule has 1 aliphatic rings. The molecule has 2 aromatic heterocycles. The molecule has 3 heterocycles. The van der Waals surface area contributed by atoms with E-state index < -0.39 is 0 Å². The van der Waals surface area contributed by atoms with E-state index in [9.17, 15) is 14.4 Å². The van der Waals surface area contributed by atoms with E-state index in [0.717, 1.165) is 22.5 Å². The minimum Gasteiger partial charge on any atom is -0.436 e. The average Bonchev–Trinajstić information content (AvgIpc) is 3.38. The van der Waals surface area contributed by atoms with Gasteiger partial charge >= 0.3 is 0 Å². The zero-order valence-electron chi connectivity index (χ0n) is 19.0. The minimum absolute atomic E-state index is 0.0146. The van der Waals surface area contributed by atoms with Gasteiger partial charge in [0.1, 0.15) is 0 Å². The Morgan fingerprint density at radius 2 is 2.00 bits per heavy atom. The summed E-state index contributed by atoms with van der Waals surface area (Å²) >= 11 is 1.32. The van der Waals surface area contributed by atoms with Gasteiger partial charge in [0, 0.05) is 57.0 Å². The molecule has 0 radical (unpaired) electrons. The van der Waals surface area contributed by atoms with E-state index in [0.29, 0.717) is 36.1 Å². The summed E-state index contributed by atoms with van der Waals surface area (Å²) in [7, 11) is 3.41. The molecular weight excluding hydrogens is 442 g/mol. The number of aromatic nitrogens is 2. The maximum Gasteiger partial charge on any atom is 0.295 e. The molecule has 3 amide bonds. The normalized spacial score (nSPS) is 13.1. The molecule has 0 unspecified atom stereocenters. The topological polar surface area (TPSA) is 109 Å². The molecule has 0 fully saturated rings. The molecular formula is C23H25N5O4S. The Labute approximate surface area is 195 Å². The molecule has 10 heteroatoms. The second-order valence-corrected chi connectivity index (χ2v) is 8.92. The molecule has 33 heavy (non-hydrogen) atoms. The Hall–Kier alpha value is -3.53. The van der Waals surface area contributed by atoms with Crippen LogP contribution in [0.1, 0.15) is 40.5 Å². The number of carbonyl (C=O) groups is 3. The van der Waals surface area contributed by atoms with Gasteiger partial charge in [0.25, 0.3) is 5.91 Å². The van der Waals surface area contributed by atoms with Gasteiger partial charge in [-0.25, -0.2) is 9.97 Å². The van der Waals surface area contributed by atoms with Crippen LogP contribution in [0.5, 0.6) is 0 Å². The molecule has 172 valence electrons. The summed E-state index contributed by atoms with van der Waals surface area (Å²) in [4.78, 5) is 48.8. The van der Waals surface area contributed by atoms with Crippen molar-refractivity contribution in [1.82, 2.24) is 14.9 Å². The van der Waals surface area contributed by atoms with Gasteiger partial charge in [-0.15, -0.1) is 11.3 Å². The number of amides is 3. The van der Waals surface area contributed by atoms with Crippen molar-refractivity contribution in [2.45, 2.75) is 33.1 Å². The third kappa shape index (κ3) is 4.80. The van der Waals surface area contributed by atoms with E-state index in [1.165, 1.54) is 16.2 Å². The fraction of sp³-hybridized carbons (Fsp3) is 0.348. The maximum absolute atomic E-state index is 12.5. The summed E-state index contributed by atoms with van der Waals surface area (Å²) < 4.78 is 5.37. The molecule has 0 saturated heterocycles. The second-order valence-electron chi connectivity index (χ2n) is 8.07. The van der Waals surface area contributed by atoms with Crippen molar-refractivity contribution in [3.8, 4) is 11.3 Å². The van der Waals surface area contributed by atoms with Gasteiger partial charge in [-0.1, -0.05) is 6.07 Å². The van der Waals surface area contributed by atoms with Crippen LogP contribution >= 0.6 is 11.3 Å². The van der Waals surface area contributed by atoms with E-state index in [1.807, 2.05) is 23.6 Å². The Morgan fingerprint density at radius 1 is 1.21 bits per heavy atom. The third-order valence-electron chi connectivity index (χ3n) is 5.46. The number of benzene rings is 1. The highest BCUT2D eigenvalue weighted by molar-refractivity contribution is 7.14. The fourth-order valence-electron chi connectivity index (χ4n) is 3.76. The third-order valence-corrected chi connectivity index (χ3v) is 6.22. The zero-order valence-corrected chi connectivity index (χ0v) is 19.8. The smallest absolute Gasteiger partial charge is 0.295 e. The molecule has 0 saturated carbocycles. The zero-order chi connectivity index (χ0) is 23.7. The molecule has 9 nitrogen and oxygen atoms in total. The van der Waals surface area contributed by atoms with E-state index in [2.05, 4.69) is 15.3 Å². The van der Waals surface area contributed by atoms with E-state index in [1.54, 1.807) is 32.8 Å². The summed E-state index contributed by atoms with van der Waals surface area (Å²) in [5.74, 6) is 0.235. The van der Waals surface area contributed by atoms with Crippen LogP contribution in [0.25, 0.3) is 11.3 Å². The first-order valence-electron chi connectivity index (χ1n) is 10.6. The quantitative estimate of drug-likeness (QED) is 0.595. The van der Waals surface area contributed by atoms with Gasteiger partial charge in [0.2, 0.25) is 17.6 Å². The molecule has 1 aromatic carbocycles. The lowest BCUT2D eigenvalue weighted by Crippen LogP contribution is -2.38. The second kappa shape index (κ2) is 9.14. The van der Waals surface area contributed by atoms with Crippen molar-refractivity contribution >= 4 is 39.9 Å². The largest absolute Gasteiger partial charge is 0.436 e. The number of carbonyl (C=O) groups excluding carboxylic acids is 3. The number of anilines is 2. The Balaban J connectivity index is 1.50. The first-order valence-corrected chi connectivity index (χ1v) is 11.5. The highest BCUT2D eigenvalue weighted by Gasteiger charge is 2.25. The average molecular weight is 468 g/mol. The molecule has 0 aliphatic carbocycles. The van der Waals surface area contributed by atoms with Gasteiger partial charge in [-0.3, -0.25) is 19.7 Å². The number of hydrogen-bond acceptors (Lipinski definition) is 7.